The monoisotopic (exact) mass is 339 g/mol. The summed E-state index contributed by atoms with van der Waals surface area (Å²) in [5.41, 5.74) is 9.50. The van der Waals surface area contributed by atoms with Gasteiger partial charge in [-0.05, 0) is 19.1 Å². The van der Waals surface area contributed by atoms with Crippen LogP contribution in [0.1, 0.15) is 6.92 Å². The molecular weight excluding hydrogens is 318 g/mol. The molecule has 130 valence electrons. The summed E-state index contributed by atoms with van der Waals surface area (Å²) >= 11 is 0. The second kappa shape index (κ2) is 6.60. The predicted octanol–water partition coefficient (Wildman–Crippen LogP) is 2.21. The quantitative estimate of drug-likeness (QED) is 0.785. The molecule has 3 heterocycles. The van der Waals surface area contributed by atoms with Crippen molar-refractivity contribution < 1.29 is 9.47 Å². The normalized spacial score (nSPS) is 14.8. The van der Waals surface area contributed by atoms with E-state index in [0.717, 1.165) is 49.0 Å². The molecule has 7 heteroatoms. The topological polar surface area (TPSA) is 77.9 Å². The second-order valence-electron chi connectivity index (χ2n) is 5.88. The molecule has 4 rings (SSSR count). The number of morpholine rings is 1. The third-order valence-electron chi connectivity index (χ3n) is 4.31. The van der Waals surface area contributed by atoms with Crippen molar-refractivity contribution in [3.05, 3.63) is 36.8 Å². The van der Waals surface area contributed by atoms with Gasteiger partial charge in [0, 0.05) is 37.2 Å². The highest BCUT2D eigenvalue weighted by Crippen LogP contribution is 2.34. The highest BCUT2D eigenvalue weighted by atomic mass is 16.5. The van der Waals surface area contributed by atoms with Gasteiger partial charge in [-0.15, -0.1) is 0 Å². The van der Waals surface area contributed by atoms with Gasteiger partial charge in [0.1, 0.15) is 5.75 Å². The van der Waals surface area contributed by atoms with E-state index in [1.54, 1.807) is 6.20 Å². The molecule has 1 aliphatic rings. The van der Waals surface area contributed by atoms with Gasteiger partial charge in [0.2, 0.25) is 0 Å². The number of aromatic nitrogens is 3. The first-order chi connectivity index (χ1) is 12.3. The van der Waals surface area contributed by atoms with Crippen molar-refractivity contribution in [3.8, 4) is 17.0 Å². The Morgan fingerprint density at radius 2 is 2.12 bits per heavy atom. The Morgan fingerprint density at radius 1 is 1.28 bits per heavy atom. The largest absolute Gasteiger partial charge is 0.492 e. The molecule has 1 aromatic carbocycles. The summed E-state index contributed by atoms with van der Waals surface area (Å²) in [7, 11) is 0. The summed E-state index contributed by atoms with van der Waals surface area (Å²) in [6, 6.07) is 6.20. The Hall–Kier alpha value is -2.80. The van der Waals surface area contributed by atoms with Crippen LogP contribution >= 0.6 is 0 Å². The lowest BCUT2D eigenvalue weighted by Crippen LogP contribution is -2.36. The van der Waals surface area contributed by atoms with Gasteiger partial charge in [-0.25, -0.2) is 9.97 Å². The molecular formula is C18H21N5O2. The third kappa shape index (κ3) is 2.98. The van der Waals surface area contributed by atoms with Crippen LogP contribution in [0.15, 0.2) is 36.8 Å². The predicted molar refractivity (Wildman–Crippen MR) is 97.0 cm³/mol. The number of fused-ring (bicyclic) bond motifs is 1. The van der Waals surface area contributed by atoms with E-state index >= 15 is 0 Å². The van der Waals surface area contributed by atoms with E-state index in [0.29, 0.717) is 18.1 Å². The number of anilines is 2. The summed E-state index contributed by atoms with van der Waals surface area (Å²) in [5.74, 6) is 1.29. The van der Waals surface area contributed by atoms with Crippen molar-refractivity contribution in [2.75, 3.05) is 43.5 Å². The summed E-state index contributed by atoms with van der Waals surface area (Å²) in [5, 5.41) is 0. The molecule has 3 aromatic rings. The highest BCUT2D eigenvalue weighted by molar-refractivity contribution is 5.73. The SMILES string of the molecule is CCOc1cc(-c2cn3ccnc(N)c3n2)ccc1N1CCOCC1. The van der Waals surface area contributed by atoms with Crippen molar-refractivity contribution in [1.82, 2.24) is 14.4 Å². The van der Waals surface area contributed by atoms with Gasteiger partial charge in [0.05, 0.1) is 31.2 Å². The Labute approximate surface area is 146 Å². The minimum atomic E-state index is 0.420. The maximum Gasteiger partial charge on any atom is 0.180 e. The summed E-state index contributed by atoms with van der Waals surface area (Å²) < 4.78 is 13.2. The lowest BCUT2D eigenvalue weighted by Gasteiger charge is -2.30. The molecule has 0 radical (unpaired) electrons. The van der Waals surface area contributed by atoms with E-state index in [2.05, 4.69) is 27.0 Å². The lowest BCUT2D eigenvalue weighted by atomic mass is 10.1. The smallest absolute Gasteiger partial charge is 0.180 e. The molecule has 0 unspecified atom stereocenters. The molecule has 0 spiro atoms. The average molecular weight is 339 g/mol. The van der Waals surface area contributed by atoms with Crippen LogP contribution in [0.5, 0.6) is 5.75 Å². The number of nitrogens with two attached hydrogens (primary N) is 1. The Balaban J connectivity index is 1.74. The molecule has 2 N–H and O–H groups in total. The van der Waals surface area contributed by atoms with Crippen LogP contribution in [0.4, 0.5) is 11.5 Å². The number of hydrogen-bond donors (Lipinski definition) is 1. The molecule has 0 saturated carbocycles. The van der Waals surface area contributed by atoms with Crippen LogP contribution < -0.4 is 15.4 Å². The maximum absolute atomic E-state index is 5.91. The molecule has 2 aromatic heterocycles. The Bertz CT molecular complexity index is 886. The first-order valence-electron chi connectivity index (χ1n) is 8.45. The molecule has 0 bridgehead atoms. The van der Waals surface area contributed by atoms with Gasteiger partial charge in [-0.3, -0.25) is 0 Å². The van der Waals surface area contributed by atoms with Gasteiger partial charge in [-0.2, -0.15) is 0 Å². The van der Waals surface area contributed by atoms with Crippen LogP contribution in [-0.2, 0) is 4.74 Å². The fourth-order valence-electron chi connectivity index (χ4n) is 3.09. The van der Waals surface area contributed by atoms with Crippen molar-refractivity contribution in [2.24, 2.45) is 0 Å². The summed E-state index contributed by atoms with van der Waals surface area (Å²) in [4.78, 5) is 11.0. The van der Waals surface area contributed by atoms with Crippen LogP contribution in [0.2, 0.25) is 0 Å². The van der Waals surface area contributed by atoms with Crippen molar-refractivity contribution in [1.29, 1.82) is 0 Å². The molecule has 1 fully saturated rings. The van der Waals surface area contributed by atoms with E-state index < -0.39 is 0 Å². The van der Waals surface area contributed by atoms with Crippen LogP contribution in [0.25, 0.3) is 16.9 Å². The zero-order valence-corrected chi connectivity index (χ0v) is 14.2. The van der Waals surface area contributed by atoms with Gasteiger partial charge >= 0.3 is 0 Å². The number of hydrogen-bond acceptors (Lipinski definition) is 6. The summed E-state index contributed by atoms with van der Waals surface area (Å²) in [6.45, 7) is 5.83. The van der Waals surface area contributed by atoms with Crippen LogP contribution in [0, 0.1) is 0 Å². The van der Waals surface area contributed by atoms with Gasteiger partial charge < -0.3 is 24.5 Å². The van der Waals surface area contributed by atoms with Crippen molar-refractivity contribution in [2.45, 2.75) is 6.92 Å². The number of rotatable bonds is 4. The van der Waals surface area contributed by atoms with E-state index in [-0.39, 0.29) is 0 Å². The van der Waals surface area contributed by atoms with Crippen molar-refractivity contribution >= 4 is 17.2 Å². The molecule has 25 heavy (non-hydrogen) atoms. The van der Waals surface area contributed by atoms with Crippen LogP contribution in [-0.4, -0.2) is 47.3 Å². The molecule has 0 atom stereocenters. The van der Waals surface area contributed by atoms with E-state index in [9.17, 15) is 0 Å². The molecule has 0 aliphatic carbocycles. The Morgan fingerprint density at radius 3 is 2.88 bits per heavy atom. The maximum atomic E-state index is 5.91. The first kappa shape index (κ1) is 15.7. The number of nitrogen functional groups attached to an aromatic ring is 1. The molecule has 1 saturated heterocycles. The Kier molecular flexibility index (Phi) is 4.15. The number of benzene rings is 1. The minimum Gasteiger partial charge on any atom is -0.492 e. The van der Waals surface area contributed by atoms with Gasteiger partial charge in [0.15, 0.2) is 11.5 Å². The zero-order chi connectivity index (χ0) is 17.2. The van der Waals surface area contributed by atoms with E-state index in [1.807, 2.05) is 29.8 Å². The fourth-order valence-corrected chi connectivity index (χ4v) is 3.09. The standard InChI is InChI=1S/C18H21N5O2/c1-2-25-16-11-13(3-4-15(16)22-7-9-24-10-8-22)14-12-23-6-5-20-17(19)18(23)21-14/h3-6,11-12H,2,7-10H2,1H3,(H2,19,20). The third-order valence-corrected chi connectivity index (χ3v) is 4.31. The minimum absolute atomic E-state index is 0.420. The highest BCUT2D eigenvalue weighted by Gasteiger charge is 2.17. The number of nitrogens with zero attached hydrogens (tertiary/aromatic N) is 4. The molecule has 0 amide bonds. The number of ether oxygens (including phenoxy) is 2. The van der Waals surface area contributed by atoms with E-state index in [4.69, 9.17) is 15.2 Å². The van der Waals surface area contributed by atoms with Crippen molar-refractivity contribution in [3.63, 3.8) is 0 Å². The van der Waals surface area contributed by atoms with Gasteiger partial charge in [0.25, 0.3) is 0 Å². The van der Waals surface area contributed by atoms with E-state index in [1.165, 1.54) is 0 Å². The lowest BCUT2D eigenvalue weighted by molar-refractivity contribution is 0.122. The average Bonchev–Trinajstić information content (AvgIpc) is 3.08. The molecule has 1 aliphatic heterocycles. The molecule has 7 nitrogen and oxygen atoms in total. The fraction of sp³-hybridized carbons (Fsp3) is 0.333. The van der Waals surface area contributed by atoms with Crippen LogP contribution in [0.3, 0.4) is 0 Å². The second-order valence-corrected chi connectivity index (χ2v) is 5.88. The zero-order valence-electron chi connectivity index (χ0n) is 14.2. The van der Waals surface area contributed by atoms with Gasteiger partial charge in [-0.1, -0.05) is 6.07 Å². The first-order valence-corrected chi connectivity index (χ1v) is 8.45. The summed E-state index contributed by atoms with van der Waals surface area (Å²) in [6.07, 6.45) is 5.46. The number of imidazole rings is 1.